The van der Waals surface area contributed by atoms with Crippen molar-refractivity contribution in [1.82, 2.24) is 0 Å². The average Bonchev–Trinajstić information content (AvgIpc) is 2.51. The molecule has 2 aromatic rings. The summed E-state index contributed by atoms with van der Waals surface area (Å²) in [6.07, 6.45) is 0.939. The quantitative estimate of drug-likeness (QED) is 0.853. The Morgan fingerprint density at radius 2 is 1.76 bits per heavy atom. The summed E-state index contributed by atoms with van der Waals surface area (Å²) >= 11 is 5.65. The third-order valence-corrected chi connectivity index (χ3v) is 4.89. The Morgan fingerprint density at radius 3 is 2.28 bits per heavy atom. The van der Waals surface area contributed by atoms with Gasteiger partial charge in [0, 0.05) is 5.69 Å². The molecule has 0 aliphatic rings. The fourth-order valence-electron chi connectivity index (χ4n) is 2.22. The number of carbonyl (C=O) groups is 1. The summed E-state index contributed by atoms with van der Waals surface area (Å²) in [6, 6.07) is 7.17. The number of rotatable bonds is 5. The standard InChI is InChI=1S/C16H15ClF2N2O3S/c1-10(16(22)20-12-5-8-15(19)14(17)9-12)21(25(2,23)24)13-6-3-11(18)4-7-13/h3-10H,1-2H3,(H,20,22)/t10-/m1/s1. The van der Waals surface area contributed by atoms with Gasteiger partial charge in [0.25, 0.3) is 0 Å². The highest BCUT2D eigenvalue weighted by atomic mass is 35.5. The van der Waals surface area contributed by atoms with E-state index in [2.05, 4.69) is 5.32 Å². The minimum Gasteiger partial charge on any atom is -0.324 e. The molecule has 9 heteroatoms. The highest BCUT2D eigenvalue weighted by Gasteiger charge is 2.29. The van der Waals surface area contributed by atoms with Gasteiger partial charge in [-0.25, -0.2) is 17.2 Å². The Hall–Kier alpha value is -2.19. The van der Waals surface area contributed by atoms with Gasteiger partial charge in [-0.15, -0.1) is 0 Å². The van der Waals surface area contributed by atoms with Crippen molar-refractivity contribution >= 4 is 38.9 Å². The Labute approximate surface area is 149 Å². The molecule has 0 saturated heterocycles. The van der Waals surface area contributed by atoms with Crippen LogP contribution in [0.15, 0.2) is 42.5 Å². The summed E-state index contributed by atoms with van der Waals surface area (Å²) in [6.45, 7) is 1.38. The van der Waals surface area contributed by atoms with Crippen molar-refractivity contribution in [1.29, 1.82) is 0 Å². The normalized spacial score (nSPS) is 12.5. The second-order valence-electron chi connectivity index (χ2n) is 5.33. The van der Waals surface area contributed by atoms with Crippen molar-refractivity contribution in [3.8, 4) is 0 Å². The van der Waals surface area contributed by atoms with Crippen LogP contribution in [0.4, 0.5) is 20.2 Å². The first-order valence-corrected chi connectivity index (χ1v) is 9.33. The van der Waals surface area contributed by atoms with E-state index in [1.807, 2.05) is 0 Å². The zero-order chi connectivity index (χ0) is 18.8. The van der Waals surface area contributed by atoms with E-state index in [4.69, 9.17) is 11.6 Å². The fraction of sp³-hybridized carbons (Fsp3) is 0.188. The van der Waals surface area contributed by atoms with Gasteiger partial charge >= 0.3 is 0 Å². The van der Waals surface area contributed by atoms with Crippen molar-refractivity contribution in [2.75, 3.05) is 15.9 Å². The van der Waals surface area contributed by atoms with Crippen molar-refractivity contribution in [2.45, 2.75) is 13.0 Å². The lowest BCUT2D eigenvalue weighted by Crippen LogP contribution is -2.45. The summed E-state index contributed by atoms with van der Waals surface area (Å²) < 4.78 is 51.3. The number of amides is 1. The van der Waals surface area contributed by atoms with Crippen molar-refractivity contribution < 1.29 is 22.0 Å². The lowest BCUT2D eigenvalue weighted by atomic mass is 10.2. The smallest absolute Gasteiger partial charge is 0.247 e. The molecule has 0 spiro atoms. The maximum atomic E-state index is 13.2. The van der Waals surface area contributed by atoms with Gasteiger partial charge in [0.2, 0.25) is 15.9 Å². The van der Waals surface area contributed by atoms with Crippen LogP contribution in [0.5, 0.6) is 0 Å². The molecule has 0 radical (unpaired) electrons. The molecule has 5 nitrogen and oxygen atoms in total. The third-order valence-electron chi connectivity index (χ3n) is 3.36. The monoisotopic (exact) mass is 388 g/mol. The number of nitrogens with zero attached hydrogens (tertiary/aromatic N) is 1. The molecule has 134 valence electrons. The van der Waals surface area contributed by atoms with Crippen LogP contribution in [-0.4, -0.2) is 26.6 Å². The molecule has 0 saturated carbocycles. The van der Waals surface area contributed by atoms with E-state index >= 15 is 0 Å². The number of anilines is 2. The van der Waals surface area contributed by atoms with E-state index < -0.39 is 33.6 Å². The summed E-state index contributed by atoms with van der Waals surface area (Å²) in [5.41, 5.74) is 0.361. The van der Waals surface area contributed by atoms with Gasteiger partial charge in [-0.3, -0.25) is 9.10 Å². The first-order valence-electron chi connectivity index (χ1n) is 7.10. The predicted octanol–water partition coefficient (Wildman–Crippen LogP) is 3.41. The van der Waals surface area contributed by atoms with Gasteiger partial charge in [0.15, 0.2) is 0 Å². The summed E-state index contributed by atoms with van der Waals surface area (Å²) in [5, 5.41) is 2.30. The number of halogens is 3. The maximum Gasteiger partial charge on any atom is 0.247 e. The second-order valence-corrected chi connectivity index (χ2v) is 7.60. The molecule has 1 N–H and O–H groups in total. The molecule has 0 fully saturated rings. The molecular weight excluding hydrogens is 374 g/mol. The SMILES string of the molecule is C[C@H](C(=O)Nc1ccc(F)c(Cl)c1)N(c1ccc(F)cc1)S(C)(=O)=O. The first-order chi connectivity index (χ1) is 11.6. The predicted molar refractivity (Wildman–Crippen MR) is 93.2 cm³/mol. The molecule has 0 aliphatic carbocycles. The molecule has 1 atom stereocenters. The number of nitrogens with one attached hydrogen (secondary N) is 1. The number of carbonyl (C=O) groups excluding carboxylic acids is 1. The molecule has 0 heterocycles. The Balaban J connectivity index is 2.29. The highest BCUT2D eigenvalue weighted by Crippen LogP contribution is 2.23. The maximum absolute atomic E-state index is 13.2. The van der Waals surface area contributed by atoms with E-state index in [1.54, 1.807) is 0 Å². The molecule has 0 unspecified atom stereocenters. The number of hydrogen-bond donors (Lipinski definition) is 1. The lowest BCUT2D eigenvalue weighted by Gasteiger charge is -2.28. The van der Waals surface area contributed by atoms with Crippen LogP contribution in [0.25, 0.3) is 0 Å². The second kappa shape index (κ2) is 7.37. The molecule has 25 heavy (non-hydrogen) atoms. The molecule has 0 aromatic heterocycles. The molecule has 2 rings (SSSR count). The van der Waals surface area contributed by atoms with Crippen LogP contribution in [0.1, 0.15) is 6.92 Å². The number of sulfonamides is 1. The number of hydrogen-bond acceptors (Lipinski definition) is 3. The largest absolute Gasteiger partial charge is 0.324 e. The van der Waals surface area contributed by atoms with E-state index in [-0.39, 0.29) is 16.4 Å². The van der Waals surface area contributed by atoms with E-state index in [1.165, 1.54) is 31.2 Å². The first kappa shape index (κ1) is 19.1. The van der Waals surface area contributed by atoms with Crippen LogP contribution >= 0.6 is 11.6 Å². The van der Waals surface area contributed by atoms with Gasteiger partial charge in [0.05, 0.1) is 17.0 Å². The zero-order valence-corrected chi connectivity index (χ0v) is 14.9. The lowest BCUT2D eigenvalue weighted by molar-refractivity contribution is -0.116. The van der Waals surface area contributed by atoms with E-state index in [0.29, 0.717) is 0 Å². The number of benzene rings is 2. The van der Waals surface area contributed by atoms with Gasteiger partial charge < -0.3 is 5.32 Å². The van der Waals surface area contributed by atoms with Crippen LogP contribution < -0.4 is 9.62 Å². The van der Waals surface area contributed by atoms with Crippen LogP contribution in [0.3, 0.4) is 0 Å². The van der Waals surface area contributed by atoms with Crippen molar-refractivity contribution in [2.24, 2.45) is 0 Å². The Bertz CT molecular complexity index is 889. The highest BCUT2D eigenvalue weighted by molar-refractivity contribution is 7.92. The van der Waals surface area contributed by atoms with Gasteiger partial charge in [-0.05, 0) is 49.4 Å². The average molecular weight is 389 g/mol. The zero-order valence-electron chi connectivity index (χ0n) is 13.3. The molecular formula is C16H15ClF2N2O3S. The minimum absolute atomic E-state index is 0.142. The summed E-state index contributed by atoms with van der Waals surface area (Å²) in [4.78, 5) is 12.4. The Kier molecular flexibility index (Phi) is 5.64. The minimum atomic E-state index is -3.82. The Morgan fingerprint density at radius 1 is 1.16 bits per heavy atom. The van der Waals surface area contributed by atoms with E-state index in [9.17, 15) is 22.0 Å². The molecule has 0 aliphatic heterocycles. The van der Waals surface area contributed by atoms with Gasteiger partial charge in [-0.1, -0.05) is 11.6 Å². The van der Waals surface area contributed by atoms with Gasteiger partial charge in [-0.2, -0.15) is 0 Å². The summed E-state index contributed by atoms with van der Waals surface area (Å²) in [7, 11) is -3.82. The molecule has 1 amide bonds. The van der Waals surface area contributed by atoms with E-state index in [0.717, 1.165) is 28.8 Å². The fourth-order valence-corrected chi connectivity index (χ4v) is 3.57. The van der Waals surface area contributed by atoms with Gasteiger partial charge in [0.1, 0.15) is 17.7 Å². The summed E-state index contributed by atoms with van der Waals surface area (Å²) in [5.74, 6) is -1.83. The topological polar surface area (TPSA) is 66.5 Å². The van der Waals surface area contributed by atoms with Crippen LogP contribution in [-0.2, 0) is 14.8 Å². The molecule has 2 aromatic carbocycles. The third kappa shape index (κ3) is 4.67. The molecule has 0 bridgehead atoms. The van der Waals surface area contributed by atoms with Crippen molar-refractivity contribution in [3.05, 3.63) is 59.1 Å². The van der Waals surface area contributed by atoms with Crippen LogP contribution in [0, 0.1) is 11.6 Å². The van der Waals surface area contributed by atoms with Crippen molar-refractivity contribution in [3.63, 3.8) is 0 Å². The van der Waals surface area contributed by atoms with Crippen LogP contribution in [0.2, 0.25) is 5.02 Å².